The number of rotatable bonds is 10. The van der Waals surface area contributed by atoms with Crippen LogP contribution in [0.2, 0.25) is 0 Å². The standard InChI is InChI=1S/C24H28N4O7S/c1-33-19-12-17-9-11-28(15-18(17)13-20(19)34-2)24(10-8-21(25)29,14-16-6-4-3-5-7-16)22-23(27-35-26-22)36(30,31)32/h3-7,12-13H,8-11,14-15H2,1-2H3,(H2,25,29)(H,30,31,32). The van der Waals surface area contributed by atoms with Crippen molar-refractivity contribution in [2.24, 2.45) is 5.73 Å². The molecule has 3 N–H and O–H groups in total. The van der Waals surface area contributed by atoms with Crippen LogP contribution in [-0.2, 0) is 39.8 Å². The lowest BCUT2D eigenvalue weighted by molar-refractivity contribution is -0.119. The number of aromatic nitrogens is 2. The van der Waals surface area contributed by atoms with Crippen LogP contribution >= 0.6 is 0 Å². The van der Waals surface area contributed by atoms with E-state index in [0.717, 1.165) is 16.7 Å². The summed E-state index contributed by atoms with van der Waals surface area (Å²) in [6.45, 7) is 0.866. The fourth-order valence-electron chi connectivity index (χ4n) is 4.86. The number of methoxy groups -OCH3 is 2. The Morgan fingerprint density at radius 2 is 1.81 bits per heavy atom. The number of hydrogen-bond donors (Lipinski definition) is 2. The number of nitrogens with two attached hydrogens (primary N) is 1. The van der Waals surface area contributed by atoms with Gasteiger partial charge < -0.3 is 15.2 Å². The summed E-state index contributed by atoms with van der Waals surface area (Å²) in [6, 6.07) is 13.2. The van der Waals surface area contributed by atoms with Gasteiger partial charge in [0.15, 0.2) is 11.5 Å². The average molecular weight is 517 g/mol. The van der Waals surface area contributed by atoms with Crippen LogP contribution in [0.5, 0.6) is 11.5 Å². The van der Waals surface area contributed by atoms with Crippen molar-refractivity contribution in [2.75, 3.05) is 20.8 Å². The van der Waals surface area contributed by atoms with Gasteiger partial charge in [0.2, 0.25) is 5.91 Å². The zero-order valence-electron chi connectivity index (χ0n) is 20.0. The van der Waals surface area contributed by atoms with Crippen LogP contribution in [0.3, 0.4) is 0 Å². The molecule has 0 radical (unpaired) electrons. The number of nitrogens with zero attached hydrogens (tertiary/aromatic N) is 3. The lowest BCUT2D eigenvalue weighted by atomic mass is 9.80. The van der Waals surface area contributed by atoms with Crippen molar-refractivity contribution in [1.82, 2.24) is 15.2 Å². The molecule has 2 heterocycles. The van der Waals surface area contributed by atoms with Crippen molar-refractivity contribution in [3.05, 3.63) is 64.8 Å². The molecular formula is C24H28N4O7S. The van der Waals surface area contributed by atoms with Gasteiger partial charge >= 0.3 is 10.1 Å². The number of ether oxygens (including phenoxy) is 2. The van der Waals surface area contributed by atoms with Gasteiger partial charge in [0.25, 0.3) is 5.03 Å². The van der Waals surface area contributed by atoms with Crippen LogP contribution in [0.15, 0.2) is 52.1 Å². The fourth-order valence-corrected chi connectivity index (χ4v) is 5.46. The summed E-state index contributed by atoms with van der Waals surface area (Å²) in [5.74, 6) is 0.620. The van der Waals surface area contributed by atoms with E-state index in [1.54, 1.807) is 14.2 Å². The molecule has 11 nitrogen and oxygen atoms in total. The third-order valence-electron chi connectivity index (χ3n) is 6.59. The Hall–Kier alpha value is -3.48. The van der Waals surface area contributed by atoms with Gasteiger partial charge in [0.1, 0.15) is 5.69 Å². The van der Waals surface area contributed by atoms with Gasteiger partial charge in [-0.05, 0) is 53.2 Å². The van der Waals surface area contributed by atoms with Gasteiger partial charge in [-0.15, -0.1) is 0 Å². The molecule has 0 fully saturated rings. The Morgan fingerprint density at radius 3 is 2.42 bits per heavy atom. The van der Waals surface area contributed by atoms with E-state index in [0.29, 0.717) is 31.0 Å². The lowest BCUT2D eigenvalue weighted by Gasteiger charge is -2.45. The molecule has 0 bridgehead atoms. The maximum atomic E-state index is 12.2. The highest BCUT2D eigenvalue weighted by molar-refractivity contribution is 7.85. The van der Waals surface area contributed by atoms with Crippen molar-refractivity contribution in [1.29, 1.82) is 0 Å². The number of primary amides is 1. The molecule has 1 amide bonds. The SMILES string of the molecule is COc1cc2c(cc1OC)CN(C(CCC(N)=O)(Cc1ccccc1)c1nonc1S(=O)(=O)O)CC2. The van der Waals surface area contributed by atoms with E-state index in [1.807, 2.05) is 47.4 Å². The Kier molecular flexibility index (Phi) is 7.29. The van der Waals surface area contributed by atoms with E-state index in [1.165, 1.54) is 0 Å². The number of benzene rings is 2. The molecule has 1 aromatic heterocycles. The van der Waals surface area contributed by atoms with E-state index >= 15 is 0 Å². The van der Waals surface area contributed by atoms with E-state index in [-0.39, 0.29) is 25.0 Å². The molecule has 4 rings (SSSR count). The van der Waals surface area contributed by atoms with Gasteiger partial charge in [-0.2, -0.15) is 8.42 Å². The number of carbonyl (C=O) groups excluding carboxylic acids is 1. The normalized spacial score (nSPS) is 15.6. The molecule has 3 aromatic rings. The Balaban J connectivity index is 1.88. The monoisotopic (exact) mass is 516 g/mol. The van der Waals surface area contributed by atoms with Crippen LogP contribution in [0.1, 0.15) is 35.2 Å². The smallest absolute Gasteiger partial charge is 0.317 e. The van der Waals surface area contributed by atoms with Crippen molar-refractivity contribution < 1.29 is 31.9 Å². The van der Waals surface area contributed by atoms with Crippen LogP contribution in [0, 0.1) is 0 Å². The minimum Gasteiger partial charge on any atom is -0.493 e. The molecule has 1 atom stereocenters. The molecule has 1 aliphatic heterocycles. The number of fused-ring (bicyclic) bond motifs is 1. The lowest BCUT2D eigenvalue weighted by Crippen LogP contribution is -2.51. The largest absolute Gasteiger partial charge is 0.493 e. The second-order valence-corrected chi connectivity index (χ2v) is 10.0. The molecule has 12 heteroatoms. The molecular weight excluding hydrogens is 488 g/mol. The number of amides is 1. The maximum Gasteiger partial charge on any atom is 0.317 e. The van der Waals surface area contributed by atoms with E-state index in [2.05, 4.69) is 10.3 Å². The zero-order valence-corrected chi connectivity index (χ0v) is 20.8. The molecule has 2 aromatic carbocycles. The molecule has 1 aliphatic rings. The quantitative estimate of drug-likeness (QED) is 0.382. The molecule has 0 saturated carbocycles. The first-order valence-electron chi connectivity index (χ1n) is 11.3. The molecule has 1 unspecified atom stereocenters. The summed E-state index contributed by atoms with van der Waals surface area (Å²) in [5, 5.41) is 6.79. The van der Waals surface area contributed by atoms with Crippen LogP contribution in [0.4, 0.5) is 0 Å². The first kappa shape index (κ1) is 25.6. The predicted molar refractivity (Wildman–Crippen MR) is 128 cm³/mol. The van der Waals surface area contributed by atoms with Crippen LogP contribution in [0.25, 0.3) is 0 Å². The van der Waals surface area contributed by atoms with Gasteiger partial charge in [0, 0.05) is 19.5 Å². The van der Waals surface area contributed by atoms with Crippen LogP contribution < -0.4 is 15.2 Å². The van der Waals surface area contributed by atoms with Crippen molar-refractivity contribution in [3.8, 4) is 11.5 Å². The van der Waals surface area contributed by atoms with E-state index < -0.39 is 26.6 Å². The number of carbonyl (C=O) groups is 1. The number of hydrogen-bond acceptors (Lipinski definition) is 9. The summed E-state index contributed by atoms with van der Waals surface area (Å²) in [4.78, 5) is 14.0. The van der Waals surface area contributed by atoms with Crippen molar-refractivity contribution in [2.45, 2.75) is 42.8 Å². The van der Waals surface area contributed by atoms with Gasteiger partial charge in [-0.3, -0.25) is 14.2 Å². The van der Waals surface area contributed by atoms with E-state index in [4.69, 9.17) is 19.8 Å². The summed E-state index contributed by atoms with van der Waals surface area (Å²) in [7, 11) is -1.65. The summed E-state index contributed by atoms with van der Waals surface area (Å²) in [5.41, 5.74) is 7.14. The minimum absolute atomic E-state index is 0.0557. The molecule has 0 saturated heterocycles. The van der Waals surface area contributed by atoms with Crippen molar-refractivity contribution in [3.63, 3.8) is 0 Å². The Morgan fingerprint density at radius 1 is 1.14 bits per heavy atom. The zero-order chi connectivity index (χ0) is 25.9. The first-order valence-corrected chi connectivity index (χ1v) is 12.7. The van der Waals surface area contributed by atoms with Crippen LogP contribution in [-0.4, -0.2) is 54.9 Å². The van der Waals surface area contributed by atoms with Crippen molar-refractivity contribution >= 4 is 16.0 Å². The molecule has 36 heavy (non-hydrogen) atoms. The predicted octanol–water partition coefficient (Wildman–Crippen LogP) is 2.10. The molecule has 0 spiro atoms. The highest BCUT2D eigenvalue weighted by atomic mass is 32.2. The third kappa shape index (κ3) is 5.06. The second kappa shape index (κ2) is 10.2. The van der Waals surface area contributed by atoms with Gasteiger partial charge in [-0.25, -0.2) is 4.63 Å². The summed E-state index contributed by atoms with van der Waals surface area (Å²) in [6.07, 6.45) is 0.937. The second-order valence-electron chi connectivity index (χ2n) is 8.70. The van der Waals surface area contributed by atoms with E-state index in [9.17, 15) is 17.8 Å². The summed E-state index contributed by atoms with van der Waals surface area (Å²) < 4.78 is 50.1. The topological polar surface area (TPSA) is 158 Å². The van der Waals surface area contributed by atoms with Gasteiger partial charge in [-0.1, -0.05) is 35.5 Å². The molecule has 192 valence electrons. The highest BCUT2D eigenvalue weighted by Gasteiger charge is 2.47. The van der Waals surface area contributed by atoms with Gasteiger partial charge in [0.05, 0.1) is 19.8 Å². The maximum absolute atomic E-state index is 12.2. The minimum atomic E-state index is -4.77. The average Bonchev–Trinajstić information content (AvgIpc) is 3.37. The Bertz CT molecular complexity index is 1340. The third-order valence-corrected chi connectivity index (χ3v) is 7.35. The Labute approximate surface area is 208 Å². The fraction of sp³-hybridized carbons (Fsp3) is 0.375. The molecule has 0 aliphatic carbocycles. The first-order chi connectivity index (χ1) is 17.2. The summed E-state index contributed by atoms with van der Waals surface area (Å²) >= 11 is 0. The highest BCUT2D eigenvalue weighted by Crippen LogP contribution is 2.43.